The summed E-state index contributed by atoms with van der Waals surface area (Å²) in [5, 5.41) is 13.0. The van der Waals surface area contributed by atoms with Crippen molar-refractivity contribution in [2.75, 3.05) is 19.9 Å². The van der Waals surface area contributed by atoms with Crippen molar-refractivity contribution in [3.8, 4) is 11.5 Å². The Morgan fingerprint density at radius 3 is 2.83 bits per heavy atom. The lowest BCUT2D eigenvalue weighted by molar-refractivity contribution is 0.0950. The number of aromatic hydroxyl groups is 1. The summed E-state index contributed by atoms with van der Waals surface area (Å²) in [4.78, 5) is 11.8. The molecule has 1 aromatic rings. The van der Waals surface area contributed by atoms with Crippen molar-refractivity contribution < 1.29 is 14.6 Å². The number of amides is 1. The summed E-state index contributed by atoms with van der Waals surface area (Å²) in [7, 11) is 1.51. The van der Waals surface area contributed by atoms with Crippen LogP contribution in [0.25, 0.3) is 0 Å². The molecular formula is C13H19NO3S. The molecule has 100 valence electrons. The molecule has 0 spiro atoms. The standard InChI is InChI=1S/C13H19NO3S/c1-9(18-3)6-7-14-13(16)11-5-4-10(17-2)8-12(11)15/h4-5,8-9,15H,6-7H2,1-3H3,(H,14,16). The third kappa shape index (κ3) is 4.14. The molecule has 0 radical (unpaired) electrons. The van der Waals surface area contributed by atoms with Crippen LogP contribution in [-0.4, -0.2) is 36.2 Å². The zero-order valence-corrected chi connectivity index (χ0v) is 11.7. The van der Waals surface area contributed by atoms with Crippen LogP contribution in [0.5, 0.6) is 11.5 Å². The van der Waals surface area contributed by atoms with Crippen molar-refractivity contribution >= 4 is 17.7 Å². The van der Waals surface area contributed by atoms with Gasteiger partial charge in [-0.25, -0.2) is 0 Å². The van der Waals surface area contributed by atoms with Crippen LogP contribution >= 0.6 is 11.8 Å². The first-order valence-corrected chi connectivity index (χ1v) is 7.05. The Kier molecular flexibility index (Phi) is 5.85. The Hall–Kier alpha value is -1.36. The van der Waals surface area contributed by atoms with Gasteiger partial charge in [-0.3, -0.25) is 4.79 Å². The van der Waals surface area contributed by atoms with E-state index in [1.165, 1.54) is 13.2 Å². The summed E-state index contributed by atoms with van der Waals surface area (Å²) in [6.45, 7) is 2.72. The van der Waals surface area contributed by atoms with Gasteiger partial charge < -0.3 is 15.2 Å². The minimum atomic E-state index is -0.261. The molecule has 2 N–H and O–H groups in total. The first kappa shape index (κ1) is 14.7. The lowest BCUT2D eigenvalue weighted by atomic mass is 10.1. The van der Waals surface area contributed by atoms with Gasteiger partial charge in [0.15, 0.2) is 0 Å². The first-order chi connectivity index (χ1) is 8.58. The van der Waals surface area contributed by atoms with Crippen molar-refractivity contribution in [3.63, 3.8) is 0 Å². The maximum atomic E-state index is 11.8. The maximum absolute atomic E-state index is 11.8. The molecule has 5 heteroatoms. The largest absolute Gasteiger partial charge is 0.507 e. The van der Waals surface area contributed by atoms with Gasteiger partial charge in [-0.1, -0.05) is 6.92 Å². The molecule has 0 saturated carbocycles. The summed E-state index contributed by atoms with van der Waals surface area (Å²) in [6.07, 6.45) is 2.95. The summed E-state index contributed by atoms with van der Waals surface area (Å²) in [6, 6.07) is 4.64. The molecule has 0 heterocycles. The number of rotatable bonds is 6. The van der Waals surface area contributed by atoms with Gasteiger partial charge in [0.05, 0.1) is 12.7 Å². The number of hydrogen-bond acceptors (Lipinski definition) is 4. The number of phenolic OH excluding ortho intramolecular Hbond substituents is 1. The Morgan fingerprint density at radius 1 is 1.56 bits per heavy atom. The highest BCUT2D eigenvalue weighted by Crippen LogP contribution is 2.23. The van der Waals surface area contributed by atoms with Gasteiger partial charge >= 0.3 is 0 Å². The molecule has 1 unspecified atom stereocenters. The van der Waals surface area contributed by atoms with Gasteiger partial charge in [-0.2, -0.15) is 11.8 Å². The summed E-state index contributed by atoms with van der Waals surface area (Å²) < 4.78 is 4.96. The van der Waals surface area contributed by atoms with E-state index in [9.17, 15) is 9.90 Å². The van der Waals surface area contributed by atoms with Gasteiger partial charge in [0.2, 0.25) is 0 Å². The van der Waals surface area contributed by atoms with E-state index in [0.29, 0.717) is 17.5 Å². The van der Waals surface area contributed by atoms with Gasteiger partial charge in [-0.05, 0) is 24.8 Å². The maximum Gasteiger partial charge on any atom is 0.255 e. The van der Waals surface area contributed by atoms with Crippen molar-refractivity contribution in [2.45, 2.75) is 18.6 Å². The highest BCUT2D eigenvalue weighted by molar-refractivity contribution is 7.99. The normalized spacial score (nSPS) is 11.9. The van der Waals surface area contributed by atoms with E-state index in [0.717, 1.165) is 6.42 Å². The fourth-order valence-corrected chi connectivity index (χ4v) is 1.79. The topological polar surface area (TPSA) is 58.6 Å². The molecule has 0 aliphatic rings. The second-order valence-electron chi connectivity index (χ2n) is 3.97. The van der Waals surface area contributed by atoms with Crippen LogP contribution in [0.2, 0.25) is 0 Å². The van der Waals surface area contributed by atoms with Crippen LogP contribution in [-0.2, 0) is 0 Å². The SMILES string of the molecule is COc1ccc(C(=O)NCCC(C)SC)c(O)c1. The number of phenols is 1. The van der Waals surface area contributed by atoms with Crippen molar-refractivity contribution in [1.82, 2.24) is 5.32 Å². The molecular weight excluding hydrogens is 250 g/mol. The molecule has 18 heavy (non-hydrogen) atoms. The predicted molar refractivity (Wildman–Crippen MR) is 74.6 cm³/mol. The Morgan fingerprint density at radius 2 is 2.28 bits per heavy atom. The quantitative estimate of drug-likeness (QED) is 0.832. The summed E-state index contributed by atoms with van der Waals surface area (Å²) in [5.41, 5.74) is 0.271. The minimum absolute atomic E-state index is 0.0650. The molecule has 0 aliphatic carbocycles. The number of ether oxygens (including phenoxy) is 1. The fourth-order valence-electron chi connectivity index (χ4n) is 1.43. The van der Waals surface area contributed by atoms with E-state index >= 15 is 0 Å². The van der Waals surface area contributed by atoms with E-state index in [4.69, 9.17) is 4.74 Å². The molecule has 4 nitrogen and oxygen atoms in total. The Balaban J connectivity index is 2.56. The fraction of sp³-hybridized carbons (Fsp3) is 0.462. The third-order valence-corrected chi connectivity index (χ3v) is 3.73. The molecule has 1 atom stereocenters. The van der Waals surface area contributed by atoms with E-state index in [2.05, 4.69) is 12.2 Å². The average molecular weight is 269 g/mol. The highest BCUT2D eigenvalue weighted by atomic mass is 32.2. The number of benzene rings is 1. The van der Waals surface area contributed by atoms with Crippen LogP contribution in [0.3, 0.4) is 0 Å². The monoisotopic (exact) mass is 269 g/mol. The predicted octanol–water partition coefficient (Wildman–Crippen LogP) is 2.27. The van der Waals surface area contributed by atoms with Crippen molar-refractivity contribution in [1.29, 1.82) is 0 Å². The Bertz CT molecular complexity index is 409. The summed E-state index contributed by atoms with van der Waals surface area (Å²) >= 11 is 1.76. The molecule has 1 rings (SSSR count). The zero-order valence-electron chi connectivity index (χ0n) is 10.9. The molecule has 1 amide bonds. The van der Waals surface area contributed by atoms with E-state index < -0.39 is 0 Å². The molecule has 0 aliphatic heterocycles. The van der Waals surface area contributed by atoms with Crippen molar-refractivity contribution in [3.05, 3.63) is 23.8 Å². The van der Waals surface area contributed by atoms with Crippen LogP contribution in [0.4, 0.5) is 0 Å². The number of thioether (sulfide) groups is 1. The molecule has 0 aromatic heterocycles. The second kappa shape index (κ2) is 7.16. The first-order valence-electron chi connectivity index (χ1n) is 5.76. The zero-order chi connectivity index (χ0) is 13.5. The van der Waals surface area contributed by atoms with Crippen molar-refractivity contribution in [2.24, 2.45) is 0 Å². The van der Waals surface area contributed by atoms with Gasteiger partial charge in [0.1, 0.15) is 11.5 Å². The van der Waals surface area contributed by atoms with Gasteiger partial charge in [0, 0.05) is 17.9 Å². The Labute approximate surface area is 112 Å². The van der Waals surface area contributed by atoms with E-state index in [-0.39, 0.29) is 17.2 Å². The lowest BCUT2D eigenvalue weighted by Gasteiger charge is -2.10. The number of carbonyl (C=O) groups excluding carboxylic acids is 1. The number of carbonyl (C=O) groups is 1. The van der Waals surface area contributed by atoms with E-state index in [1.807, 2.05) is 6.26 Å². The number of methoxy groups -OCH3 is 1. The minimum Gasteiger partial charge on any atom is -0.507 e. The summed E-state index contributed by atoms with van der Waals surface area (Å²) in [5.74, 6) is 0.202. The molecule has 0 saturated heterocycles. The molecule has 1 aromatic carbocycles. The second-order valence-corrected chi connectivity index (χ2v) is 5.25. The van der Waals surface area contributed by atoms with Crippen LogP contribution < -0.4 is 10.1 Å². The smallest absolute Gasteiger partial charge is 0.255 e. The molecule has 0 fully saturated rings. The average Bonchev–Trinajstić information content (AvgIpc) is 2.37. The lowest BCUT2D eigenvalue weighted by Crippen LogP contribution is -2.26. The van der Waals surface area contributed by atoms with Gasteiger partial charge in [0.25, 0.3) is 5.91 Å². The van der Waals surface area contributed by atoms with Crippen LogP contribution in [0.1, 0.15) is 23.7 Å². The van der Waals surface area contributed by atoms with E-state index in [1.54, 1.807) is 23.9 Å². The number of nitrogens with one attached hydrogen (secondary N) is 1. The number of hydrogen-bond donors (Lipinski definition) is 2. The third-order valence-electron chi connectivity index (χ3n) is 2.69. The highest BCUT2D eigenvalue weighted by Gasteiger charge is 2.11. The molecule has 0 bridgehead atoms. The van der Waals surface area contributed by atoms with Crippen LogP contribution in [0.15, 0.2) is 18.2 Å². The van der Waals surface area contributed by atoms with Crippen LogP contribution in [0, 0.1) is 0 Å². The van der Waals surface area contributed by atoms with Gasteiger partial charge in [-0.15, -0.1) is 0 Å².